The Morgan fingerprint density at radius 3 is 2.32 bits per heavy atom. The Bertz CT molecular complexity index is 1640. The smallest absolute Gasteiger partial charge is 0.266 e. The number of amides is 1. The highest BCUT2D eigenvalue weighted by atomic mass is 32.1. The van der Waals surface area contributed by atoms with Gasteiger partial charge >= 0.3 is 0 Å². The quantitative estimate of drug-likeness (QED) is 0.303. The molecule has 9 nitrogen and oxygen atoms in total. The van der Waals surface area contributed by atoms with E-state index in [0.717, 1.165) is 39.0 Å². The molecular formula is C28H27N5O4S. The predicted molar refractivity (Wildman–Crippen MR) is 147 cm³/mol. The number of ether oxygens (including phenoxy) is 2. The van der Waals surface area contributed by atoms with E-state index in [4.69, 9.17) is 14.5 Å². The van der Waals surface area contributed by atoms with Crippen molar-refractivity contribution in [2.24, 2.45) is 0 Å². The highest BCUT2D eigenvalue weighted by molar-refractivity contribution is 7.19. The minimum Gasteiger partial charge on any atom is -0.497 e. The van der Waals surface area contributed by atoms with Crippen molar-refractivity contribution < 1.29 is 14.3 Å². The normalized spacial score (nSPS) is 11.0. The number of carbonyl (C=O) groups is 1. The van der Waals surface area contributed by atoms with E-state index >= 15 is 0 Å². The Morgan fingerprint density at radius 2 is 1.66 bits per heavy atom. The van der Waals surface area contributed by atoms with E-state index in [1.54, 1.807) is 13.2 Å². The van der Waals surface area contributed by atoms with Gasteiger partial charge in [-0.2, -0.15) is 5.10 Å². The van der Waals surface area contributed by atoms with Crippen LogP contribution in [0.25, 0.3) is 27.5 Å². The van der Waals surface area contributed by atoms with Crippen LogP contribution in [0.3, 0.4) is 0 Å². The average molecular weight is 530 g/mol. The molecule has 5 aromatic rings. The molecule has 3 aromatic heterocycles. The van der Waals surface area contributed by atoms with Crippen molar-refractivity contribution in [1.82, 2.24) is 24.5 Å². The maximum atomic E-state index is 12.9. The van der Waals surface area contributed by atoms with Gasteiger partial charge in [-0.1, -0.05) is 11.3 Å². The third kappa shape index (κ3) is 5.16. The molecule has 0 spiro atoms. The van der Waals surface area contributed by atoms with Crippen molar-refractivity contribution in [3.05, 3.63) is 87.8 Å². The maximum Gasteiger partial charge on any atom is 0.266 e. The largest absolute Gasteiger partial charge is 0.497 e. The van der Waals surface area contributed by atoms with E-state index in [0.29, 0.717) is 17.2 Å². The first-order valence-corrected chi connectivity index (χ1v) is 13.0. The SMILES string of the molecule is CCOc1ccc(-c2ccc(=O)n(CCNC(=O)c3sc4nc(-c5ccc(OC)cc5)cn4c3C)n2)cc1. The molecule has 38 heavy (non-hydrogen) atoms. The summed E-state index contributed by atoms with van der Waals surface area (Å²) >= 11 is 1.33. The van der Waals surface area contributed by atoms with E-state index < -0.39 is 0 Å². The molecule has 1 N–H and O–H groups in total. The molecule has 0 aliphatic carbocycles. The molecule has 0 aliphatic heterocycles. The minimum absolute atomic E-state index is 0.209. The number of methoxy groups -OCH3 is 1. The van der Waals surface area contributed by atoms with Crippen molar-refractivity contribution in [3.8, 4) is 34.0 Å². The van der Waals surface area contributed by atoms with Gasteiger partial charge in [0.15, 0.2) is 4.96 Å². The second kappa shape index (κ2) is 10.9. The summed E-state index contributed by atoms with van der Waals surface area (Å²) in [4.78, 5) is 31.3. The number of carbonyl (C=O) groups excluding carboxylic acids is 1. The molecule has 2 aromatic carbocycles. The van der Waals surface area contributed by atoms with E-state index in [1.165, 1.54) is 22.1 Å². The molecule has 0 bridgehead atoms. The lowest BCUT2D eigenvalue weighted by Gasteiger charge is -2.09. The van der Waals surface area contributed by atoms with E-state index in [1.807, 2.05) is 73.0 Å². The molecule has 0 aliphatic rings. The van der Waals surface area contributed by atoms with Gasteiger partial charge < -0.3 is 14.8 Å². The van der Waals surface area contributed by atoms with Crippen LogP contribution in [0.4, 0.5) is 0 Å². The summed E-state index contributed by atoms with van der Waals surface area (Å²) in [6, 6.07) is 18.4. The first kappa shape index (κ1) is 25.2. The van der Waals surface area contributed by atoms with Gasteiger partial charge in [0, 0.05) is 35.6 Å². The fraction of sp³-hybridized carbons (Fsp3) is 0.214. The number of rotatable bonds is 9. The number of imidazole rings is 1. The summed E-state index contributed by atoms with van der Waals surface area (Å²) in [5, 5.41) is 7.38. The van der Waals surface area contributed by atoms with Gasteiger partial charge in [0.25, 0.3) is 11.5 Å². The Kier molecular flexibility index (Phi) is 7.23. The van der Waals surface area contributed by atoms with Gasteiger partial charge in [-0.3, -0.25) is 14.0 Å². The number of aromatic nitrogens is 4. The lowest BCUT2D eigenvalue weighted by atomic mass is 10.1. The molecule has 0 atom stereocenters. The van der Waals surface area contributed by atoms with Gasteiger partial charge in [0.05, 0.1) is 31.6 Å². The van der Waals surface area contributed by atoms with Crippen molar-refractivity contribution in [2.45, 2.75) is 20.4 Å². The molecule has 0 saturated carbocycles. The fourth-order valence-electron chi connectivity index (χ4n) is 4.07. The standard InChI is InChI=1S/C28H27N5O4S/c1-4-37-22-11-7-19(8-12-22)23-13-14-25(34)33(31-23)16-15-29-27(35)26-18(2)32-17-24(30-28(32)38-26)20-5-9-21(36-3)10-6-20/h5-14,17H,4,15-16H2,1-3H3,(H,29,35). The summed E-state index contributed by atoms with van der Waals surface area (Å²) in [5.74, 6) is 1.35. The second-order valence-corrected chi connectivity index (χ2v) is 9.49. The maximum absolute atomic E-state index is 12.9. The lowest BCUT2D eigenvalue weighted by molar-refractivity contribution is 0.0955. The number of aryl methyl sites for hydroxylation is 1. The van der Waals surface area contributed by atoms with Crippen LogP contribution in [0.2, 0.25) is 0 Å². The molecule has 0 saturated heterocycles. The Hall–Kier alpha value is -4.44. The summed E-state index contributed by atoms with van der Waals surface area (Å²) in [6.45, 7) is 4.93. The van der Waals surface area contributed by atoms with Gasteiger partial charge in [0.1, 0.15) is 16.4 Å². The van der Waals surface area contributed by atoms with Gasteiger partial charge in [-0.05, 0) is 68.4 Å². The molecule has 0 unspecified atom stereocenters. The summed E-state index contributed by atoms with van der Waals surface area (Å²) in [6.07, 6.45) is 1.93. The molecule has 5 rings (SSSR count). The number of benzene rings is 2. The third-order valence-corrected chi connectivity index (χ3v) is 7.24. The van der Waals surface area contributed by atoms with Gasteiger partial charge in [-0.25, -0.2) is 9.67 Å². The molecule has 194 valence electrons. The van der Waals surface area contributed by atoms with Crippen molar-refractivity contribution in [2.75, 3.05) is 20.3 Å². The predicted octanol–water partition coefficient (Wildman–Crippen LogP) is 4.43. The molecule has 3 heterocycles. The van der Waals surface area contributed by atoms with Crippen molar-refractivity contribution >= 4 is 22.2 Å². The molecule has 10 heteroatoms. The summed E-state index contributed by atoms with van der Waals surface area (Å²) in [5.41, 5.74) is 3.91. The number of hydrogen-bond acceptors (Lipinski definition) is 7. The van der Waals surface area contributed by atoms with Crippen molar-refractivity contribution in [3.63, 3.8) is 0 Å². The molecular weight excluding hydrogens is 502 g/mol. The van der Waals surface area contributed by atoms with Gasteiger partial charge in [0.2, 0.25) is 0 Å². The Morgan fingerprint density at radius 1 is 0.974 bits per heavy atom. The number of nitrogens with zero attached hydrogens (tertiary/aromatic N) is 4. The average Bonchev–Trinajstić information content (AvgIpc) is 3.49. The van der Waals surface area contributed by atoms with Crippen LogP contribution >= 0.6 is 11.3 Å². The number of fused-ring (bicyclic) bond motifs is 1. The monoisotopic (exact) mass is 529 g/mol. The van der Waals surface area contributed by atoms with Gasteiger partial charge in [-0.15, -0.1) is 0 Å². The zero-order valence-electron chi connectivity index (χ0n) is 21.3. The van der Waals surface area contributed by atoms with Crippen LogP contribution in [-0.4, -0.2) is 45.3 Å². The number of hydrogen-bond donors (Lipinski definition) is 1. The molecule has 1 amide bonds. The van der Waals surface area contributed by atoms with Crippen LogP contribution in [0.15, 0.2) is 71.7 Å². The lowest BCUT2D eigenvalue weighted by Crippen LogP contribution is -2.31. The second-order valence-electron chi connectivity index (χ2n) is 8.52. The fourth-order valence-corrected chi connectivity index (χ4v) is 5.09. The van der Waals surface area contributed by atoms with Crippen LogP contribution in [0, 0.1) is 6.92 Å². The summed E-state index contributed by atoms with van der Waals surface area (Å²) in [7, 11) is 1.63. The first-order chi connectivity index (χ1) is 18.5. The minimum atomic E-state index is -0.231. The summed E-state index contributed by atoms with van der Waals surface area (Å²) < 4.78 is 14.0. The molecule has 0 fully saturated rings. The van der Waals surface area contributed by atoms with Crippen LogP contribution in [-0.2, 0) is 6.54 Å². The van der Waals surface area contributed by atoms with E-state index in [2.05, 4.69) is 10.4 Å². The van der Waals surface area contributed by atoms with Crippen LogP contribution in [0.1, 0.15) is 22.3 Å². The Labute approximate surface area is 223 Å². The van der Waals surface area contributed by atoms with E-state index in [9.17, 15) is 9.59 Å². The first-order valence-electron chi connectivity index (χ1n) is 12.2. The zero-order chi connectivity index (χ0) is 26.6. The topological polar surface area (TPSA) is 99.8 Å². The highest BCUT2D eigenvalue weighted by Gasteiger charge is 2.18. The van der Waals surface area contributed by atoms with Crippen molar-refractivity contribution in [1.29, 1.82) is 0 Å². The number of thiazole rings is 1. The highest BCUT2D eigenvalue weighted by Crippen LogP contribution is 2.28. The Balaban J connectivity index is 1.25. The molecule has 0 radical (unpaired) electrons. The van der Waals surface area contributed by atoms with Crippen LogP contribution in [0.5, 0.6) is 11.5 Å². The zero-order valence-corrected chi connectivity index (χ0v) is 22.1. The number of nitrogens with one attached hydrogen (secondary N) is 1. The van der Waals surface area contributed by atoms with E-state index in [-0.39, 0.29) is 24.6 Å². The van der Waals surface area contributed by atoms with Crippen LogP contribution < -0.4 is 20.3 Å². The third-order valence-electron chi connectivity index (χ3n) is 6.09.